The van der Waals surface area contributed by atoms with Crippen LogP contribution in [0.25, 0.3) is 16.6 Å². The van der Waals surface area contributed by atoms with Crippen LogP contribution in [0.15, 0.2) is 58.1 Å². The van der Waals surface area contributed by atoms with Gasteiger partial charge in [0, 0.05) is 13.1 Å². The third-order valence-electron chi connectivity index (χ3n) is 5.49. The zero-order chi connectivity index (χ0) is 20.5. The summed E-state index contributed by atoms with van der Waals surface area (Å²) in [6.07, 6.45) is 1.94. The first-order chi connectivity index (χ1) is 14.0. The molecule has 0 spiro atoms. The summed E-state index contributed by atoms with van der Waals surface area (Å²) in [7, 11) is 1.55. The van der Waals surface area contributed by atoms with Gasteiger partial charge in [-0.15, -0.1) is 0 Å². The van der Waals surface area contributed by atoms with Crippen LogP contribution in [-0.4, -0.2) is 40.1 Å². The fraction of sp³-hybridized carbons (Fsp3) is 0.318. The normalized spacial score (nSPS) is 14.9. The van der Waals surface area contributed by atoms with Gasteiger partial charge in [-0.05, 0) is 56.2 Å². The highest BCUT2D eigenvalue weighted by molar-refractivity contribution is 5.84. The number of ether oxygens (including phenoxy) is 1. The van der Waals surface area contributed by atoms with Gasteiger partial charge in [0.2, 0.25) is 5.91 Å². The molecule has 0 radical (unpaired) electrons. The molecule has 150 valence electrons. The van der Waals surface area contributed by atoms with Crippen LogP contribution in [-0.2, 0) is 4.79 Å². The van der Waals surface area contributed by atoms with E-state index in [9.17, 15) is 14.4 Å². The lowest BCUT2D eigenvalue weighted by molar-refractivity contribution is -0.133. The topological polar surface area (TPSA) is 73.5 Å². The fourth-order valence-corrected chi connectivity index (χ4v) is 3.93. The molecular formula is C22H23N3O4. The number of fused-ring (bicyclic) bond motifs is 1. The Balaban J connectivity index is 1.95. The Morgan fingerprint density at radius 3 is 2.31 bits per heavy atom. The number of methoxy groups -OCH3 is 1. The molecule has 0 aliphatic carbocycles. The molecule has 2 aromatic carbocycles. The molecule has 1 fully saturated rings. The van der Waals surface area contributed by atoms with Gasteiger partial charge in [-0.2, -0.15) is 0 Å². The van der Waals surface area contributed by atoms with Crippen LogP contribution in [0.1, 0.15) is 25.8 Å². The van der Waals surface area contributed by atoms with Crippen molar-refractivity contribution in [3.05, 3.63) is 69.4 Å². The van der Waals surface area contributed by atoms with E-state index in [2.05, 4.69) is 0 Å². The van der Waals surface area contributed by atoms with Gasteiger partial charge in [0.15, 0.2) is 0 Å². The summed E-state index contributed by atoms with van der Waals surface area (Å²) in [6, 6.07) is 12.9. The lowest BCUT2D eigenvalue weighted by Crippen LogP contribution is -2.44. The molecule has 1 aromatic heterocycles. The number of carbonyl (C=O) groups is 1. The quantitative estimate of drug-likeness (QED) is 0.682. The van der Waals surface area contributed by atoms with Crippen molar-refractivity contribution in [1.82, 2.24) is 14.0 Å². The minimum absolute atomic E-state index is 0.102. The lowest BCUT2D eigenvalue weighted by Gasteiger charge is -2.24. The Bertz CT molecular complexity index is 1170. The maximum Gasteiger partial charge on any atom is 0.336 e. The Morgan fingerprint density at radius 2 is 1.66 bits per heavy atom. The van der Waals surface area contributed by atoms with Gasteiger partial charge in [0.05, 0.1) is 23.7 Å². The molecule has 2 heterocycles. The molecule has 0 bridgehead atoms. The highest BCUT2D eigenvalue weighted by atomic mass is 16.5. The van der Waals surface area contributed by atoms with Crippen LogP contribution in [0.2, 0.25) is 0 Å². The van der Waals surface area contributed by atoms with Crippen LogP contribution < -0.4 is 16.0 Å². The van der Waals surface area contributed by atoms with Crippen molar-refractivity contribution in [3.63, 3.8) is 0 Å². The predicted octanol–water partition coefficient (Wildman–Crippen LogP) is 2.34. The van der Waals surface area contributed by atoms with Crippen molar-refractivity contribution in [2.45, 2.75) is 25.8 Å². The number of benzene rings is 2. The van der Waals surface area contributed by atoms with E-state index >= 15 is 0 Å². The molecule has 1 amide bonds. The average molecular weight is 393 g/mol. The number of hydrogen-bond donors (Lipinski definition) is 0. The first kappa shape index (κ1) is 19.0. The van der Waals surface area contributed by atoms with E-state index in [0.29, 0.717) is 35.4 Å². The number of nitrogens with zero attached hydrogens (tertiary/aromatic N) is 3. The van der Waals surface area contributed by atoms with Crippen LogP contribution in [0.5, 0.6) is 5.75 Å². The number of amides is 1. The summed E-state index contributed by atoms with van der Waals surface area (Å²) in [4.78, 5) is 41.4. The number of hydrogen-bond acceptors (Lipinski definition) is 4. The van der Waals surface area contributed by atoms with Crippen LogP contribution in [0.3, 0.4) is 0 Å². The van der Waals surface area contributed by atoms with E-state index < -0.39 is 17.3 Å². The Hall–Kier alpha value is -3.35. The second-order valence-corrected chi connectivity index (χ2v) is 7.22. The number of carbonyl (C=O) groups excluding carboxylic acids is 1. The van der Waals surface area contributed by atoms with E-state index in [-0.39, 0.29) is 5.91 Å². The van der Waals surface area contributed by atoms with Gasteiger partial charge in [-0.1, -0.05) is 12.1 Å². The maximum absolute atomic E-state index is 13.4. The maximum atomic E-state index is 13.4. The summed E-state index contributed by atoms with van der Waals surface area (Å²) in [5, 5.41) is 0.393. The highest BCUT2D eigenvalue weighted by Gasteiger charge is 2.27. The van der Waals surface area contributed by atoms with Crippen molar-refractivity contribution >= 4 is 16.8 Å². The largest absolute Gasteiger partial charge is 0.497 e. The van der Waals surface area contributed by atoms with E-state index in [0.717, 1.165) is 17.4 Å². The molecule has 1 atom stereocenters. The van der Waals surface area contributed by atoms with Crippen molar-refractivity contribution < 1.29 is 9.53 Å². The van der Waals surface area contributed by atoms with Crippen molar-refractivity contribution in [2.24, 2.45) is 0 Å². The minimum atomic E-state index is -0.712. The first-order valence-electron chi connectivity index (χ1n) is 9.72. The summed E-state index contributed by atoms with van der Waals surface area (Å²) in [5.41, 5.74) is -0.0415. The molecule has 3 aromatic rings. The number of rotatable bonds is 4. The molecule has 1 aliphatic rings. The van der Waals surface area contributed by atoms with Gasteiger partial charge in [0.25, 0.3) is 5.56 Å². The van der Waals surface area contributed by atoms with E-state index in [1.165, 1.54) is 4.57 Å². The molecule has 1 aliphatic heterocycles. The molecular weight excluding hydrogens is 370 g/mol. The van der Waals surface area contributed by atoms with Crippen LogP contribution in [0.4, 0.5) is 0 Å². The Kier molecular flexibility index (Phi) is 4.96. The first-order valence-corrected chi connectivity index (χ1v) is 9.72. The van der Waals surface area contributed by atoms with Crippen LogP contribution >= 0.6 is 0 Å². The molecule has 7 heteroatoms. The van der Waals surface area contributed by atoms with Crippen molar-refractivity contribution in [1.29, 1.82) is 0 Å². The van der Waals surface area contributed by atoms with Gasteiger partial charge in [0.1, 0.15) is 11.8 Å². The van der Waals surface area contributed by atoms with Crippen molar-refractivity contribution in [2.75, 3.05) is 20.2 Å². The van der Waals surface area contributed by atoms with E-state index in [4.69, 9.17) is 4.74 Å². The van der Waals surface area contributed by atoms with E-state index in [1.807, 2.05) is 0 Å². The molecule has 29 heavy (non-hydrogen) atoms. The molecule has 0 N–H and O–H groups in total. The second kappa shape index (κ2) is 7.58. The smallest absolute Gasteiger partial charge is 0.336 e. The molecule has 4 rings (SSSR count). The summed E-state index contributed by atoms with van der Waals surface area (Å²) in [5.74, 6) is 0.523. The molecule has 0 saturated carbocycles. The van der Waals surface area contributed by atoms with Crippen molar-refractivity contribution in [3.8, 4) is 11.4 Å². The van der Waals surface area contributed by atoms with Gasteiger partial charge < -0.3 is 9.64 Å². The second-order valence-electron chi connectivity index (χ2n) is 7.22. The zero-order valence-electron chi connectivity index (χ0n) is 16.5. The van der Waals surface area contributed by atoms with Gasteiger partial charge in [-0.25, -0.2) is 9.36 Å². The minimum Gasteiger partial charge on any atom is -0.497 e. The van der Waals surface area contributed by atoms with Gasteiger partial charge >= 0.3 is 5.69 Å². The van der Waals surface area contributed by atoms with Crippen LogP contribution in [0, 0.1) is 0 Å². The number of likely N-dealkylation sites (tertiary alicyclic amines) is 1. The number of aromatic nitrogens is 2. The molecule has 1 unspecified atom stereocenters. The predicted molar refractivity (Wildman–Crippen MR) is 111 cm³/mol. The fourth-order valence-electron chi connectivity index (χ4n) is 3.93. The number of para-hydroxylation sites is 1. The third kappa shape index (κ3) is 3.22. The summed E-state index contributed by atoms with van der Waals surface area (Å²) < 4.78 is 7.72. The monoisotopic (exact) mass is 393 g/mol. The standard InChI is InChI=1S/C22H23N3O4/c1-15(20(26)23-13-5-6-14-23)24-19-8-4-3-7-18(19)21(27)25(22(24)28)16-9-11-17(29-2)12-10-16/h3-4,7-12,15H,5-6,13-14H2,1-2H3. The summed E-state index contributed by atoms with van der Waals surface area (Å²) in [6.45, 7) is 3.12. The average Bonchev–Trinajstić information content (AvgIpc) is 3.28. The highest BCUT2D eigenvalue weighted by Crippen LogP contribution is 2.19. The van der Waals surface area contributed by atoms with Gasteiger partial charge in [-0.3, -0.25) is 14.2 Å². The SMILES string of the molecule is COc1ccc(-n2c(=O)c3ccccc3n(C(C)C(=O)N3CCCC3)c2=O)cc1. The third-order valence-corrected chi connectivity index (χ3v) is 5.49. The Labute approximate surface area is 167 Å². The van der Waals surface area contributed by atoms with E-state index in [1.54, 1.807) is 67.5 Å². The Morgan fingerprint density at radius 1 is 1.00 bits per heavy atom. The lowest BCUT2D eigenvalue weighted by atomic mass is 10.2. The summed E-state index contributed by atoms with van der Waals surface area (Å²) >= 11 is 0. The molecule has 7 nitrogen and oxygen atoms in total. The zero-order valence-corrected chi connectivity index (χ0v) is 16.5. The molecule has 1 saturated heterocycles.